The number of benzene rings is 3. The van der Waals surface area contributed by atoms with Gasteiger partial charge in [-0.3, -0.25) is 14.5 Å². The number of methoxy groups -OCH3 is 2. The number of hydrogen-bond acceptors (Lipinski definition) is 5. The number of carbonyl (C=O) groups is 2. The molecular weight excluding hydrogens is 461 g/mol. The van der Waals surface area contributed by atoms with Crippen molar-refractivity contribution in [2.24, 2.45) is 0 Å². The largest absolute Gasteiger partial charge is 0.507 e. The Labute approximate surface area is 209 Å². The number of aliphatic hydroxyl groups is 1. The molecule has 1 N–H and O–H groups in total. The second kappa shape index (κ2) is 9.49. The monoisotopic (exact) mass is 489 g/mol. The molecule has 1 unspecified atom stereocenters. The van der Waals surface area contributed by atoms with Crippen LogP contribution in [0.2, 0.25) is 0 Å². The molecule has 1 heterocycles. The molecule has 0 bridgehead atoms. The highest BCUT2D eigenvalue weighted by atomic mass is 19.1. The van der Waals surface area contributed by atoms with Gasteiger partial charge < -0.3 is 14.6 Å². The zero-order valence-electron chi connectivity index (χ0n) is 20.8. The number of amides is 1. The van der Waals surface area contributed by atoms with Gasteiger partial charge in [-0.2, -0.15) is 0 Å². The summed E-state index contributed by atoms with van der Waals surface area (Å²) in [4.78, 5) is 28.0. The Morgan fingerprint density at radius 1 is 0.944 bits per heavy atom. The normalized spacial score (nSPS) is 17.4. The minimum absolute atomic E-state index is 0.0838. The van der Waals surface area contributed by atoms with Crippen molar-refractivity contribution >= 4 is 23.1 Å². The molecule has 0 aromatic heterocycles. The highest BCUT2D eigenvalue weighted by Gasteiger charge is 2.47. The zero-order chi connectivity index (χ0) is 26.2. The van der Waals surface area contributed by atoms with E-state index >= 15 is 0 Å². The van der Waals surface area contributed by atoms with E-state index in [9.17, 15) is 19.1 Å². The average Bonchev–Trinajstić information content (AvgIpc) is 3.13. The van der Waals surface area contributed by atoms with Crippen LogP contribution in [0.25, 0.3) is 5.76 Å². The maximum absolute atomic E-state index is 13.8. The maximum atomic E-state index is 13.8. The third kappa shape index (κ3) is 4.44. The van der Waals surface area contributed by atoms with E-state index in [4.69, 9.17) is 9.47 Å². The molecule has 0 saturated carbocycles. The first-order valence-electron chi connectivity index (χ1n) is 11.5. The van der Waals surface area contributed by atoms with E-state index in [1.807, 2.05) is 20.8 Å². The van der Waals surface area contributed by atoms with E-state index in [-0.39, 0.29) is 16.7 Å². The number of anilines is 1. The maximum Gasteiger partial charge on any atom is 0.300 e. The summed E-state index contributed by atoms with van der Waals surface area (Å²) >= 11 is 0. The molecule has 3 aromatic rings. The van der Waals surface area contributed by atoms with Crippen molar-refractivity contribution < 1.29 is 28.6 Å². The molecule has 1 saturated heterocycles. The highest BCUT2D eigenvalue weighted by Crippen LogP contribution is 2.43. The standard InChI is InChI=1S/C29H28FNO5/c1-29(2,3)22-15-18(11-14-23(22)36-5)26(32)24-25(17-9-12-19(30)13-10-17)31(28(34)27(24)33)20-7-6-8-21(16-20)35-4/h6-16,25,32H,1-5H3/b26-24-. The third-order valence-electron chi connectivity index (χ3n) is 6.24. The van der Waals surface area contributed by atoms with Crippen molar-refractivity contribution in [3.8, 4) is 11.5 Å². The van der Waals surface area contributed by atoms with Gasteiger partial charge in [-0.25, -0.2) is 4.39 Å². The van der Waals surface area contributed by atoms with E-state index < -0.39 is 23.5 Å². The van der Waals surface area contributed by atoms with E-state index in [2.05, 4.69) is 0 Å². The summed E-state index contributed by atoms with van der Waals surface area (Å²) in [5, 5.41) is 11.5. The minimum atomic E-state index is -0.974. The first-order valence-corrected chi connectivity index (χ1v) is 11.5. The fraction of sp³-hybridized carbons (Fsp3) is 0.241. The number of nitrogens with zero attached hydrogens (tertiary/aromatic N) is 1. The predicted molar refractivity (Wildman–Crippen MR) is 136 cm³/mol. The van der Waals surface area contributed by atoms with Crippen LogP contribution in [-0.4, -0.2) is 31.0 Å². The van der Waals surface area contributed by atoms with Crippen LogP contribution in [0.5, 0.6) is 11.5 Å². The number of Topliss-reactive ketones (excluding diaryl/α,β-unsaturated/α-hetero) is 1. The predicted octanol–water partition coefficient (Wildman–Crippen LogP) is 5.77. The summed E-state index contributed by atoms with van der Waals surface area (Å²) in [5.74, 6) is -1.27. The van der Waals surface area contributed by atoms with Gasteiger partial charge in [-0.05, 0) is 53.4 Å². The molecule has 0 aliphatic carbocycles. The Balaban J connectivity index is 1.96. The van der Waals surface area contributed by atoms with Crippen molar-refractivity contribution in [2.45, 2.75) is 32.2 Å². The molecule has 1 amide bonds. The number of carbonyl (C=O) groups excluding carboxylic acids is 2. The molecule has 0 spiro atoms. The number of ketones is 1. The first kappa shape index (κ1) is 25.0. The Kier molecular flexibility index (Phi) is 6.59. The molecule has 6 nitrogen and oxygen atoms in total. The van der Waals surface area contributed by atoms with Crippen molar-refractivity contribution in [3.05, 3.63) is 94.8 Å². The van der Waals surface area contributed by atoms with Crippen molar-refractivity contribution in [1.82, 2.24) is 0 Å². The van der Waals surface area contributed by atoms with Gasteiger partial charge in [-0.1, -0.05) is 39.0 Å². The van der Waals surface area contributed by atoms with E-state index in [0.717, 1.165) is 5.56 Å². The molecule has 4 rings (SSSR count). The summed E-state index contributed by atoms with van der Waals surface area (Å²) in [6, 6.07) is 16.4. The van der Waals surface area contributed by atoms with Crippen molar-refractivity contribution in [2.75, 3.05) is 19.1 Å². The smallest absolute Gasteiger partial charge is 0.300 e. The molecule has 36 heavy (non-hydrogen) atoms. The van der Waals surface area contributed by atoms with Crippen LogP contribution >= 0.6 is 0 Å². The van der Waals surface area contributed by atoms with Crippen LogP contribution in [0.4, 0.5) is 10.1 Å². The number of rotatable bonds is 5. The van der Waals surface area contributed by atoms with E-state index in [0.29, 0.717) is 28.3 Å². The molecule has 1 aliphatic heterocycles. The summed E-state index contributed by atoms with van der Waals surface area (Å²) in [6.45, 7) is 6.03. The quantitative estimate of drug-likeness (QED) is 0.280. The Morgan fingerprint density at radius 2 is 1.64 bits per heavy atom. The summed E-state index contributed by atoms with van der Waals surface area (Å²) in [6.07, 6.45) is 0. The fourth-order valence-electron chi connectivity index (χ4n) is 4.42. The lowest BCUT2D eigenvalue weighted by Gasteiger charge is -2.26. The first-order chi connectivity index (χ1) is 17.1. The molecule has 186 valence electrons. The number of hydrogen-bond donors (Lipinski definition) is 1. The third-order valence-corrected chi connectivity index (χ3v) is 6.24. The molecule has 1 aliphatic rings. The van der Waals surface area contributed by atoms with Gasteiger partial charge in [0.05, 0.1) is 25.8 Å². The Bertz CT molecular complexity index is 1350. The number of aliphatic hydroxyl groups excluding tert-OH is 1. The fourth-order valence-corrected chi connectivity index (χ4v) is 4.42. The van der Waals surface area contributed by atoms with Gasteiger partial charge in [0, 0.05) is 22.9 Å². The lowest BCUT2D eigenvalue weighted by molar-refractivity contribution is -0.132. The topological polar surface area (TPSA) is 76.1 Å². The molecular formula is C29H28FNO5. The van der Waals surface area contributed by atoms with Crippen LogP contribution in [0.15, 0.2) is 72.3 Å². The molecule has 0 radical (unpaired) electrons. The second-order valence-corrected chi connectivity index (χ2v) is 9.59. The van der Waals surface area contributed by atoms with Crippen LogP contribution in [0.3, 0.4) is 0 Å². The molecule has 1 atom stereocenters. The SMILES string of the molecule is COc1cccc(N2C(=O)C(=O)/C(=C(\O)c3ccc(OC)c(C(C)(C)C)c3)C2c2ccc(F)cc2)c1. The van der Waals surface area contributed by atoms with Crippen LogP contribution in [0.1, 0.15) is 43.5 Å². The van der Waals surface area contributed by atoms with Crippen LogP contribution in [-0.2, 0) is 15.0 Å². The van der Waals surface area contributed by atoms with Gasteiger partial charge in [0.25, 0.3) is 11.7 Å². The lowest BCUT2D eigenvalue weighted by Crippen LogP contribution is -2.29. The van der Waals surface area contributed by atoms with Gasteiger partial charge in [0.2, 0.25) is 0 Å². The molecule has 7 heteroatoms. The van der Waals surface area contributed by atoms with Crippen LogP contribution in [0, 0.1) is 5.82 Å². The summed E-state index contributed by atoms with van der Waals surface area (Å²) in [7, 11) is 3.07. The Morgan fingerprint density at radius 3 is 2.25 bits per heavy atom. The van der Waals surface area contributed by atoms with Crippen LogP contribution < -0.4 is 14.4 Å². The van der Waals surface area contributed by atoms with Gasteiger partial charge in [-0.15, -0.1) is 0 Å². The second-order valence-electron chi connectivity index (χ2n) is 9.59. The van der Waals surface area contributed by atoms with Crippen molar-refractivity contribution in [3.63, 3.8) is 0 Å². The number of halogens is 1. The van der Waals surface area contributed by atoms with Gasteiger partial charge in [0.15, 0.2) is 0 Å². The molecule has 1 fully saturated rings. The molecule has 3 aromatic carbocycles. The van der Waals surface area contributed by atoms with Gasteiger partial charge in [0.1, 0.15) is 23.1 Å². The summed E-state index contributed by atoms with van der Waals surface area (Å²) < 4.78 is 24.5. The van der Waals surface area contributed by atoms with E-state index in [1.54, 1.807) is 49.6 Å². The van der Waals surface area contributed by atoms with Crippen molar-refractivity contribution in [1.29, 1.82) is 0 Å². The average molecular weight is 490 g/mol. The number of ether oxygens (including phenoxy) is 2. The Hall–Kier alpha value is -4.13. The zero-order valence-corrected chi connectivity index (χ0v) is 20.8. The summed E-state index contributed by atoms with van der Waals surface area (Å²) in [5.41, 5.74) is 1.69. The minimum Gasteiger partial charge on any atom is -0.507 e. The lowest BCUT2D eigenvalue weighted by atomic mass is 9.84. The van der Waals surface area contributed by atoms with E-state index in [1.165, 1.54) is 36.3 Å². The van der Waals surface area contributed by atoms with Gasteiger partial charge >= 0.3 is 0 Å². The highest BCUT2D eigenvalue weighted by molar-refractivity contribution is 6.51.